The molecule has 0 saturated carbocycles. The van der Waals surface area contributed by atoms with Crippen LogP contribution in [-0.2, 0) is 20.4 Å². The van der Waals surface area contributed by atoms with Gasteiger partial charge in [0.15, 0.2) is 9.84 Å². The molecule has 1 fully saturated rings. The molecule has 172 valence electrons. The Bertz CT molecular complexity index is 1240. The number of piperidine rings is 1. The molecule has 0 aliphatic carbocycles. The lowest BCUT2D eigenvalue weighted by Crippen LogP contribution is -2.41. The van der Waals surface area contributed by atoms with E-state index in [4.69, 9.17) is 11.6 Å². The predicted octanol–water partition coefficient (Wildman–Crippen LogP) is 3.66. The number of aromatic nitrogens is 2. The third-order valence-corrected chi connectivity index (χ3v) is 8.27. The molecule has 1 aliphatic rings. The number of amides is 2. The van der Waals surface area contributed by atoms with Crippen LogP contribution in [0.2, 0.25) is 5.02 Å². The third kappa shape index (κ3) is 5.76. The molecule has 3 aromatic rings. The second-order valence-electron chi connectivity index (χ2n) is 7.64. The summed E-state index contributed by atoms with van der Waals surface area (Å²) in [5.74, 6) is -0.837. The number of likely N-dealkylation sites (tertiary alicyclic amines) is 1. The SMILES string of the molecule is O=C(Nc1nnc(CS(=O)(=O)c2ccccc2)s1)C1CCN(C(=O)c2ccc(Cl)cc2)CC1. The van der Waals surface area contributed by atoms with Gasteiger partial charge in [0, 0.05) is 29.6 Å². The zero-order valence-corrected chi connectivity index (χ0v) is 19.9. The van der Waals surface area contributed by atoms with E-state index in [2.05, 4.69) is 15.5 Å². The van der Waals surface area contributed by atoms with E-state index in [1.54, 1.807) is 47.4 Å². The molecule has 0 atom stereocenters. The lowest BCUT2D eigenvalue weighted by atomic mass is 9.95. The van der Waals surface area contributed by atoms with Crippen molar-refractivity contribution in [2.24, 2.45) is 5.92 Å². The summed E-state index contributed by atoms with van der Waals surface area (Å²) < 4.78 is 25.0. The number of nitrogens with one attached hydrogen (secondary N) is 1. The Morgan fingerprint density at radius 3 is 2.36 bits per heavy atom. The number of anilines is 1. The van der Waals surface area contributed by atoms with Crippen molar-refractivity contribution in [3.05, 3.63) is 70.2 Å². The Morgan fingerprint density at radius 1 is 1.03 bits per heavy atom. The Kier molecular flexibility index (Phi) is 7.06. The van der Waals surface area contributed by atoms with Crippen molar-refractivity contribution in [3.63, 3.8) is 0 Å². The topological polar surface area (TPSA) is 109 Å². The zero-order chi connectivity index (χ0) is 23.4. The van der Waals surface area contributed by atoms with E-state index in [0.29, 0.717) is 41.5 Å². The molecule has 11 heteroatoms. The molecule has 1 aromatic heterocycles. The van der Waals surface area contributed by atoms with Crippen molar-refractivity contribution in [1.82, 2.24) is 15.1 Å². The molecule has 0 spiro atoms. The molecule has 2 amide bonds. The van der Waals surface area contributed by atoms with Gasteiger partial charge in [-0.25, -0.2) is 8.42 Å². The van der Waals surface area contributed by atoms with Crippen molar-refractivity contribution in [1.29, 1.82) is 0 Å². The van der Waals surface area contributed by atoms with Gasteiger partial charge in [0.1, 0.15) is 10.8 Å². The number of rotatable bonds is 6. The minimum atomic E-state index is -3.54. The predicted molar refractivity (Wildman–Crippen MR) is 126 cm³/mol. The van der Waals surface area contributed by atoms with Gasteiger partial charge in [0.05, 0.1) is 4.90 Å². The van der Waals surface area contributed by atoms with Gasteiger partial charge in [-0.2, -0.15) is 0 Å². The number of benzene rings is 2. The number of hydrogen-bond donors (Lipinski definition) is 1. The van der Waals surface area contributed by atoms with E-state index in [-0.39, 0.29) is 33.5 Å². The Morgan fingerprint density at radius 2 is 1.70 bits per heavy atom. The number of carbonyl (C=O) groups excluding carboxylic acids is 2. The summed E-state index contributed by atoms with van der Waals surface area (Å²) >= 11 is 6.92. The summed E-state index contributed by atoms with van der Waals surface area (Å²) in [4.78, 5) is 27.2. The van der Waals surface area contributed by atoms with Crippen molar-refractivity contribution in [2.45, 2.75) is 23.5 Å². The normalized spacial score (nSPS) is 14.8. The number of sulfone groups is 1. The zero-order valence-electron chi connectivity index (χ0n) is 17.5. The standard InChI is InChI=1S/C22H21ClN4O4S2/c23-17-8-6-16(7-9-17)21(29)27-12-10-15(11-13-27)20(28)24-22-26-25-19(32-22)14-33(30,31)18-4-2-1-3-5-18/h1-9,15H,10-14H2,(H,24,26,28). The van der Waals surface area contributed by atoms with Crippen LogP contribution in [0.25, 0.3) is 0 Å². The third-order valence-electron chi connectivity index (χ3n) is 5.36. The van der Waals surface area contributed by atoms with Crippen LogP contribution in [0.1, 0.15) is 28.2 Å². The van der Waals surface area contributed by atoms with E-state index in [1.165, 1.54) is 12.1 Å². The summed E-state index contributed by atoms with van der Waals surface area (Å²) in [7, 11) is -3.54. The van der Waals surface area contributed by atoms with E-state index < -0.39 is 9.84 Å². The number of carbonyl (C=O) groups is 2. The average molecular weight is 505 g/mol. The Hall–Kier alpha value is -2.82. The van der Waals surface area contributed by atoms with Crippen LogP contribution in [0.5, 0.6) is 0 Å². The summed E-state index contributed by atoms with van der Waals surface area (Å²) in [6.07, 6.45) is 1.05. The lowest BCUT2D eigenvalue weighted by Gasteiger charge is -2.31. The summed E-state index contributed by atoms with van der Waals surface area (Å²) in [6.45, 7) is 0.937. The smallest absolute Gasteiger partial charge is 0.253 e. The monoisotopic (exact) mass is 504 g/mol. The molecule has 1 saturated heterocycles. The highest BCUT2D eigenvalue weighted by molar-refractivity contribution is 7.90. The van der Waals surface area contributed by atoms with E-state index in [9.17, 15) is 18.0 Å². The first-order chi connectivity index (χ1) is 15.8. The molecular weight excluding hydrogens is 484 g/mol. The van der Waals surface area contributed by atoms with Gasteiger partial charge in [-0.3, -0.25) is 9.59 Å². The van der Waals surface area contributed by atoms with Gasteiger partial charge in [0.2, 0.25) is 11.0 Å². The summed E-state index contributed by atoms with van der Waals surface area (Å²) in [5, 5.41) is 11.7. The second-order valence-corrected chi connectivity index (χ2v) is 11.1. The van der Waals surface area contributed by atoms with Gasteiger partial charge in [-0.15, -0.1) is 10.2 Å². The summed E-state index contributed by atoms with van der Waals surface area (Å²) in [5.41, 5.74) is 0.564. The Balaban J connectivity index is 1.30. The van der Waals surface area contributed by atoms with Crippen LogP contribution >= 0.6 is 22.9 Å². The van der Waals surface area contributed by atoms with Gasteiger partial charge >= 0.3 is 0 Å². The van der Waals surface area contributed by atoms with E-state index >= 15 is 0 Å². The van der Waals surface area contributed by atoms with Crippen molar-refractivity contribution < 1.29 is 18.0 Å². The molecule has 33 heavy (non-hydrogen) atoms. The van der Waals surface area contributed by atoms with Crippen molar-refractivity contribution in [3.8, 4) is 0 Å². The fraction of sp³-hybridized carbons (Fsp3) is 0.273. The highest BCUT2D eigenvalue weighted by Crippen LogP contribution is 2.24. The van der Waals surface area contributed by atoms with Crippen molar-refractivity contribution >= 4 is 49.7 Å². The maximum absolute atomic E-state index is 12.7. The van der Waals surface area contributed by atoms with Crippen LogP contribution in [0.15, 0.2) is 59.5 Å². The highest BCUT2D eigenvalue weighted by atomic mass is 35.5. The average Bonchev–Trinajstić information content (AvgIpc) is 3.25. The fourth-order valence-corrected chi connectivity index (χ4v) is 6.05. The minimum absolute atomic E-state index is 0.0843. The number of nitrogens with zero attached hydrogens (tertiary/aromatic N) is 3. The van der Waals surface area contributed by atoms with Crippen LogP contribution in [0.4, 0.5) is 5.13 Å². The van der Waals surface area contributed by atoms with E-state index in [1.807, 2.05) is 0 Å². The van der Waals surface area contributed by atoms with Crippen LogP contribution in [-0.4, -0.2) is 48.4 Å². The molecule has 0 radical (unpaired) electrons. The first kappa shape index (κ1) is 23.3. The lowest BCUT2D eigenvalue weighted by molar-refractivity contribution is -0.121. The van der Waals surface area contributed by atoms with Crippen LogP contribution < -0.4 is 5.32 Å². The maximum atomic E-state index is 12.7. The summed E-state index contributed by atoms with van der Waals surface area (Å²) in [6, 6.07) is 14.9. The van der Waals surface area contributed by atoms with Crippen LogP contribution in [0, 0.1) is 5.92 Å². The van der Waals surface area contributed by atoms with Crippen LogP contribution in [0.3, 0.4) is 0 Å². The molecule has 2 heterocycles. The van der Waals surface area contributed by atoms with E-state index in [0.717, 1.165) is 11.3 Å². The molecule has 4 rings (SSSR count). The van der Waals surface area contributed by atoms with Gasteiger partial charge < -0.3 is 10.2 Å². The molecule has 1 aliphatic heterocycles. The molecule has 0 unspecified atom stereocenters. The maximum Gasteiger partial charge on any atom is 0.253 e. The van der Waals surface area contributed by atoms with Crippen molar-refractivity contribution in [2.75, 3.05) is 18.4 Å². The second kappa shape index (κ2) is 9.98. The fourth-order valence-electron chi connectivity index (χ4n) is 3.56. The van der Waals surface area contributed by atoms with Gasteiger partial charge in [-0.05, 0) is 49.2 Å². The highest BCUT2D eigenvalue weighted by Gasteiger charge is 2.28. The molecule has 8 nitrogen and oxygen atoms in total. The first-order valence-electron chi connectivity index (χ1n) is 10.3. The van der Waals surface area contributed by atoms with Gasteiger partial charge in [-0.1, -0.05) is 41.1 Å². The largest absolute Gasteiger partial charge is 0.339 e. The number of halogens is 1. The minimum Gasteiger partial charge on any atom is -0.339 e. The molecular formula is C22H21ClN4O4S2. The number of hydrogen-bond acceptors (Lipinski definition) is 7. The first-order valence-corrected chi connectivity index (χ1v) is 13.1. The molecule has 0 bridgehead atoms. The quantitative estimate of drug-likeness (QED) is 0.548. The Labute approximate surface area is 200 Å². The molecule has 1 N–H and O–H groups in total. The molecule has 2 aromatic carbocycles. The van der Waals surface area contributed by atoms with Gasteiger partial charge in [0.25, 0.3) is 5.91 Å².